The first-order valence-electron chi connectivity index (χ1n) is 9.25. The number of hydrogen-bond donors (Lipinski definition) is 2. The molecule has 1 aromatic heterocycles. The second-order valence-electron chi connectivity index (χ2n) is 7.04. The maximum Gasteiger partial charge on any atom is 0.257 e. The van der Waals surface area contributed by atoms with Crippen LogP contribution in [0, 0.1) is 13.8 Å². The molecule has 2 aromatic carbocycles. The van der Waals surface area contributed by atoms with Gasteiger partial charge in [-0.1, -0.05) is 35.9 Å². The Kier molecular flexibility index (Phi) is 4.96. The highest BCUT2D eigenvalue weighted by atomic mass is 32.1. The van der Waals surface area contributed by atoms with Crippen molar-refractivity contribution in [2.24, 2.45) is 0 Å². The number of rotatable bonds is 4. The van der Waals surface area contributed by atoms with Gasteiger partial charge in [0.15, 0.2) is 5.13 Å². The van der Waals surface area contributed by atoms with Crippen LogP contribution in [0.5, 0.6) is 0 Å². The van der Waals surface area contributed by atoms with Gasteiger partial charge >= 0.3 is 0 Å². The Hall–Kier alpha value is -2.99. The summed E-state index contributed by atoms with van der Waals surface area (Å²) in [4.78, 5) is 30.8. The monoisotopic (exact) mass is 391 g/mol. The van der Waals surface area contributed by atoms with E-state index >= 15 is 0 Å². The number of aromatic nitrogens is 1. The lowest BCUT2D eigenvalue weighted by Gasteiger charge is -2.12. The summed E-state index contributed by atoms with van der Waals surface area (Å²) < 4.78 is 0. The first-order valence-corrected chi connectivity index (χ1v) is 10.1. The third-order valence-electron chi connectivity index (χ3n) is 4.97. The molecular formula is C22H21N3O2S. The molecule has 6 heteroatoms. The summed E-state index contributed by atoms with van der Waals surface area (Å²) in [6.45, 7) is 3.95. The number of amides is 2. The molecule has 0 aliphatic heterocycles. The van der Waals surface area contributed by atoms with Crippen LogP contribution >= 0.6 is 11.3 Å². The number of para-hydroxylation sites is 1. The average molecular weight is 391 g/mol. The van der Waals surface area contributed by atoms with Crippen LogP contribution < -0.4 is 10.6 Å². The maximum absolute atomic E-state index is 12.8. The summed E-state index contributed by atoms with van der Waals surface area (Å²) in [5.74, 6) is -0.515. The summed E-state index contributed by atoms with van der Waals surface area (Å²) in [5.41, 5.74) is 4.33. The quantitative estimate of drug-likeness (QED) is 0.678. The van der Waals surface area contributed by atoms with Gasteiger partial charge in [-0.05, 0) is 50.5 Å². The Balaban J connectivity index is 1.48. The zero-order valence-electron chi connectivity index (χ0n) is 15.8. The second kappa shape index (κ2) is 7.56. The van der Waals surface area contributed by atoms with Crippen molar-refractivity contribution < 1.29 is 9.59 Å². The number of benzene rings is 2. The first-order chi connectivity index (χ1) is 13.5. The van der Waals surface area contributed by atoms with Crippen molar-refractivity contribution in [3.8, 4) is 0 Å². The summed E-state index contributed by atoms with van der Waals surface area (Å²) >= 11 is 1.46. The van der Waals surface area contributed by atoms with Crippen molar-refractivity contribution in [3.63, 3.8) is 0 Å². The van der Waals surface area contributed by atoms with Gasteiger partial charge in [0.2, 0.25) is 5.91 Å². The van der Waals surface area contributed by atoms with E-state index in [0.717, 1.165) is 40.2 Å². The van der Waals surface area contributed by atoms with Crippen molar-refractivity contribution in [2.45, 2.75) is 32.6 Å². The van der Waals surface area contributed by atoms with Crippen molar-refractivity contribution in [2.75, 3.05) is 10.6 Å². The molecule has 28 heavy (non-hydrogen) atoms. The van der Waals surface area contributed by atoms with Crippen molar-refractivity contribution in [1.29, 1.82) is 0 Å². The molecule has 0 spiro atoms. The fourth-order valence-corrected chi connectivity index (χ4v) is 4.38. The molecule has 142 valence electrons. The van der Waals surface area contributed by atoms with Gasteiger partial charge < -0.3 is 5.32 Å². The lowest BCUT2D eigenvalue weighted by molar-refractivity contribution is -0.117. The molecule has 5 nitrogen and oxygen atoms in total. The minimum absolute atomic E-state index is 0.0465. The van der Waals surface area contributed by atoms with E-state index in [1.54, 1.807) is 12.1 Å². The number of nitrogens with one attached hydrogen (secondary N) is 2. The number of nitrogens with zero attached hydrogens (tertiary/aromatic N) is 1. The third kappa shape index (κ3) is 3.68. The molecule has 0 saturated heterocycles. The van der Waals surface area contributed by atoms with Crippen molar-refractivity contribution >= 4 is 34.0 Å². The van der Waals surface area contributed by atoms with E-state index in [1.807, 2.05) is 50.2 Å². The average Bonchev–Trinajstić information content (AvgIpc) is 3.24. The molecule has 1 atom stereocenters. The topological polar surface area (TPSA) is 71.1 Å². The van der Waals surface area contributed by atoms with Crippen LogP contribution in [0.1, 0.15) is 44.4 Å². The van der Waals surface area contributed by atoms with Crippen molar-refractivity contribution in [1.82, 2.24) is 4.98 Å². The van der Waals surface area contributed by atoms with E-state index in [4.69, 9.17) is 0 Å². The molecule has 2 N–H and O–H groups in total. The molecule has 2 amide bonds. The SMILES string of the molecule is Cc1ccc(C(=O)Nc2nc3c(s2)CCC3C(=O)Nc2ccccc2C)cc1. The Morgan fingerprint density at radius 1 is 1.04 bits per heavy atom. The number of hydrogen-bond acceptors (Lipinski definition) is 4. The van der Waals surface area contributed by atoms with Crippen molar-refractivity contribution in [3.05, 3.63) is 75.8 Å². The Labute approximate surface area is 167 Å². The third-order valence-corrected chi connectivity index (χ3v) is 6.02. The Morgan fingerprint density at radius 3 is 2.54 bits per heavy atom. The van der Waals surface area contributed by atoms with E-state index in [1.165, 1.54) is 11.3 Å². The molecule has 1 unspecified atom stereocenters. The maximum atomic E-state index is 12.8. The summed E-state index contributed by atoms with van der Waals surface area (Å²) in [6, 6.07) is 15.1. The van der Waals surface area contributed by atoms with Crippen LogP contribution in [-0.2, 0) is 11.2 Å². The smallest absolute Gasteiger partial charge is 0.257 e. The van der Waals surface area contributed by atoms with E-state index in [2.05, 4.69) is 15.6 Å². The van der Waals surface area contributed by atoms with Gasteiger partial charge in [0.1, 0.15) is 0 Å². The number of thiazole rings is 1. The van der Waals surface area contributed by atoms with E-state index in [9.17, 15) is 9.59 Å². The molecule has 1 aliphatic carbocycles. The van der Waals surface area contributed by atoms with Crippen LogP contribution in [0.3, 0.4) is 0 Å². The Morgan fingerprint density at radius 2 is 1.79 bits per heavy atom. The summed E-state index contributed by atoms with van der Waals surface area (Å²) in [6.07, 6.45) is 1.55. The zero-order valence-corrected chi connectivity index (χ0v) is 16.6. The molecule has 0 saturated carbocycles. The number of carbonyl (C=O) groups is 2. The highest BCUT2D eigenvalue weighted by Crippen LogP contribution is 2.39. The molecule has 3 aromatic rings. The zero-order chi connectivity index (χ0) is 19.7. The molecule has 4 rings (SSSR count). The fraction of sp³-hybridized carbons (Fsp3) is 0.227. The van der Waals surface area contributed by atoms with Gasteiger partial charge in [0, 0.05) is 16.1 Å². The highest BCUT2D eigenvalue weighted by molar-refractivity contribution is 7.16. The minimum atomic E-state index is -0.282. The van der Waals surface area contributed by atoms with Gasteiger partial charge in [-0.3, -0.25) is 14.9 Å². The standard InChI is InChI=1S/C22H21N3O2S/c1-13-7-9-15(10-8-13)20(26)25-22-24-19-16(11-12-18(19)28-22)21(27)23-17-6-4-3-5-14(17)2/h3-10,16H,11-12H2,1-2H3,(H,23,27)(H,24,25,26). The van der Waals surface area contributed by atoms with E-state index in [-0.39, 0.29) is 17.7 Å². The molecular weight excluding hydrogens is 370 g/mol. The lowest BCUT2D eigenvalue weighted by atomic mass is 10.1. The van der Waals surface area contributed by atoms with Crippen LogP contribution in [-0.4, -0.2) is 16.8 Å². The highest BCUT2D eigenvalue weighted by Gasteiger charge is 2.33. The van der Waals surface area contributed by atoms with Gasteiger partial charge in [-0.25, -0.2) is 4.98 Å². The van der Waals surface area contributed by atoms with Gasteiger partial charge in [-0.15, -0.1) is 11.3 Å². The second-order valence-corrected chi connectivity index (χ2v) is 8.13. The molecule has 1 heterocycles. The summed E-state index contributed by atoms with van der Waals surface area (Å²) in [5, 5.41) is 6.42. The molecule has 0 bridgehead atoms. The van der Waals surface area contributed by atoms with Gasteiger partial charge in [-0.2, -0.15) is 0 Å². The number of carbonyl (C=O) groups excluding carboxylic acids is 2. The van der Waals surface area contributed by atoms with Crippen LogP contribution in [0.25, 0.3) is 0 Å². The largest absolute Gasteiger partial charge is 0.325 e. The fourth-order valence-electron chi connectivity index (χ4n) is 3.34. The lowest BCUT2D eigenvalue weighted by Crippen LogP contribution is -2.20. The van der Waals surface area contributed by atoms with E-state index < -0.39 is 0 Å². The van der Waals surface area contributed by atoms with Crippen LogP contribution in [0.4, 0.5) is 10.8 Å². The predicted octanol–water partition coefficient (Wildman–Crippen LogP) is 4.68. The van der Waals surface area contributed by atoms with E-state index in [0.29, 0.717) is 10.7 Å². The molecule has 0 radical (unpaired) electrons. The summed E-state index contributed by atoms with van der Waals surface area (Å²) in [7, 11) is 0. The molecule has 1 aliphatic rings. The number of fused-ring (bicyclic) bond motifs is 1. The normalized spacial score (nSPS) is 15.1. The van der Waals surface area contributed by atoms with Crippen LogP contribution in [0.15, 0.2) is 48.5 Å². The predicted molar refractivity (Wildman–Crippen MR) is 112 cm³/mol. The minimum Gasteiger partial charge on any atom is -0.325 e. The molecule has 0 fully saturated rings. The Bertz CT molecular complexity index is 1040. The van der Waals surface area contributed by atoms with Crippen LogP contribution in [0.2, 0.25) is 0 Å². The van der Waals surface area contributed by atoms with Gasteiger partial charge in [0.05, 0.1) is 11.6 Å². The van der Waals surface area contributed by atoms with Gasteiger partial charge in [0.25, 0.3) is 5.91 Å². The number of anilines is 2. The number of aryl methyl sites for hydroxylation is 3. The first kappa shape index (κ1) is 18.4.